The highest BCUT2D eigenvalue weighted by atomic mass is 19.3. The molecule has 5 aromatic rings. The van der Waals surface area contributed by atoms with Crippen molar-refractivity contribution >= 4 is 22.8 Å². The smallest absolute Gasteiger partial charge is 0.309 e. The van der Waals surface area contributed by atoms with Crippen molar-refractivity contribution < 1.29 is 38.3 Å². The molecule has 7 rings (SSSR count). The number of aliphatic hydroxyl groups excluding tert-OH is 2. The van der Waals surface area contributed by atoms with Crippen LogP contribution in [0.25, 0.3) is 11.2 Å². The molecule has 3 aromatic carbocycles. The number of hydrogen-bond acceptors (Lipinski definition) is 10. The third-order valence-electron chi connectivity index (χ3n) is 8.76. The first-order chi connectivity index (χ1) is 22.7. The van der Waals surface area contributed by atoms with Crippen LogP contribution in [0.3, 0.4) is 0 Å². The summed E-state index contributed by atoms with van der Waals surface area (Å²) < 4.78 is 49.4. The predicted octanol–water partition coefficient (Wildman–Crippen LogP) is 4.81. The van der Waals surface area contributed by atoms with Crippen molar-refractivity contribution in [1.29, 1.82) is 0 Å². The van der Waals surface area contributed by atoms with Crippen LogP contribution in [0.5, 0.6) is 11.6 Å². The summed E-state index contributed by atoms with van der Waals surface area (Å²) in [5.41, 5.74) is -0.142. The predicted molar refractivity (Wildman–Crippen MR) is 167 cm³/mol. The Morgan fingerprint density at radius 2 is 1.81 bits per heavy atom. The molecular formula is C34H33F2N5O6. The summed E-state index contributed by atoms with van der Waals surface area (Å²) >= 11 is 0. The van der Waals surface area contributed by atoms with Gasteiger partial charge in [0.25, 0.3) is 0 Å². The van der Waals surface area contributed by atoms with Gasteiger partial charge in [0.15, 0.2) is 23.0 Å². The molecule has 3 heterocycles. The van der Waals surface area contributed by atoms with Gasteiger partial charge < -0.3 is 34.8 Å². The molecule has 0 spiro atoms. The van der Waals surface area contributed by atoms with Gasteiger partial charge in [-0.1, -0.05) is 54.6 Å². The van der Waals surface area contributed by atoms with E-state index in [9.17, 15) is 15.3 Å². The lowest BCUT2D eigenvalue weighted by atomic mass is 9.86. The third kappa shape index (κ3) is 5.54. The zero-order chi connectivity index (χ0) is 32.8. The lowest BCUT2D eigenvalue weighted by Gasteiger charge is -2.32. The maximum Gasteiger partial charge on any atom is 0.309 e. The van der Waals surface area contributed by atoms with Gasteiger partial charge >= 0.3 is 5.92 Å². The Kier molecular flexibility index (Phi) is 8.00. The van der Waals surface area contributed by atoms with Gasteiger partial charge in [0, 0.05) is 12.1 Å². The number of halogens is 2. The van der Waals surface area contributed by atoms with Crippen LogP contribution in [0, 0.1) is 0 Å². The lowest BCUT2D eigenvalue weighted by Crippen LogP contribution is -2.44. The molecule has 2 aromatic heterocycles. The zero-order valence-corrected chi connectivity index (χ0v) is 25.3. The first kappa shape index (κ1) is 30.9. The Labute approximate surface area is 268 Å². The molecule has 244 valence electrons. The van der Waals surface area contributed by atoms with Crippen LogP contribution in [-0.2, 0) is 16.8 Å². The molecule has 11 nitrogen and oxygen atoms in total. The second kappa shape index (κ2) is 12.2. The Balaban J connectivity index is 1.02. The zero-order valence-electron chi connectivity index (χ0n) is 25.3. The number of rotatable bonds is 10. The first-order valence-corrected chi connectivity index (χ1v) is 15.2. The molecule has 0 unspecified atom stereocenters. The third-order valence-corrected chi connectivity index (χ3v) is 8.76. The number of benzene rings is 3. The van der Waals surface area contributed by atoms with E-state index in [0.717, 1.165) is 5.69 Å². The maximum atomic E-state index is 15.1. The van der Waals surface area contributed by atoms with E-state index in [1.54, 1.807) is 41.0 Å². The number of alkyl halides is 2. The normalized spacial score (nSPS) is 24.7. The van der Waals surface area contributed by atoms with E-state index >= 15 is 8.78 Å². The number of anilines is 2. The number of methoxy groups -OCH3 is 1. The molecule has 0 saturated carbocycles. The minimum absolute atomic E-state index is 0.0358. The molecule has 0 amide bonds. The fourth-order valence-corrected chi connectivity index (χ4v) is 6.33. The van der Waals surface area contributed by atoms with Gasteiger partial charge in [-0.3, -0.25) is 4.57 Å². The Bertz CT molecular complexity index is 1890. The number of para-hydroxylation sites is 1. The van der Waals surface area contributed by atoms with E-state index < -0.39 is 36.1 Å². The molecule has 0 bridgehead atoms. The molecule has 2 aliphatic rings. The highest BCUT2D eigenvalue weighted by Gasteiger charge is 2.64. The van der Waals surface area contributed by atoms with Gasteiger partial charge in [-0.05, 0) is 53.8 Å². The number of aromatic nitrogens is 4. The highest BCUT2D eigenvalue weighted by molar-refractivity contribution is 5.78. The van der Waals surface area contributed by atoms with E-state index in [0.29, 0.717) is 28.4 Å². The van der Waals surface area contributed by atoms with Gasteiger partial charge in [0.05, 0.1) is 19.5 Å². The number of ether oxygens (including phenoxy) is 3. The number of aliphatic hydroxyl groups is 3. The van der Waals surface area contributed by atoms with Crippen molar-refractivity contribution in [2.75, 3.05) is 19.0 Å². The number of imidazole rings is 1. The molecule has 1 saturated heterocycles. The Morgan fingerprint density at radius 1 is 1.02 bits per heavy atom. The highest BCUT2D eigenvalue weighted by Crippen LogP contribution is 2.56. The van der Waals surface area contributed by atoms with Gasteiger partial charge in [0.1, 0.15) is 24.6 Å². The minimum Gasteiger partial charge on any atom is -0.491 e. The molecule has 1 aliphatic carbocycles. The summed E-state index contributed by atoms with van der Waals surface area (Å²) in [7, 11) is 1.49. The summed E-state index contributed by atoms with van der Waals surface area (Å²) in [4.78, 5) is 13.4. The monoisotopic (exact) mass is 645 g/mol. The van der Waals surface area contributed by atoms with Crippen LogP contribution in [0.2, 0.25) is 0 Å². The van der Waals surface area contributed by atoms with Gasteiger partial charge in [0.2, 0.25) is 11.8 Å². The summed E-state index contributed by atoms with van der Waals surface area (Å²) in [6.45, 7) is 0.115. The molecule has 1 fully saturated rings. The SMILES string of the molecule is COc1nc(Nc2ccccc2)nc2c1ncn2[C@@H]1O[C@H](COc2cccc(CC[C@]3(O)c4ccccc4[C@@H](O)C3(F)F)c2)C[C@H]1O. The van der Waals surface area contributed by atoms with Crippen LogP contribution in [0.4, 0.5) is 20.4 Å². The van der Waals surface area contributed by atoms with E-state index in [2.05, 4.69) is 20.3 Å². The number of fused-ring (bicyclic) bond motifs is 2. The number of nitrogens with one attached hydrogen (secondary N) is 1. The first-order valence-electron chi connectivity index (χ1n) is 15.2. The Hall–Kier alpha value is -4.69. The van der Waals surface area contributed by atoms with Crippen molar-refractivity contribution in [3.63, 3.8) is 0 Å². The van der Waals surface area contributed by atoms with Crippen molar-refractivity contribution in [2.24, 2.45) is 0 Å². The van der Waals surface area contributed by atoms with E-state index in [-0.39, 0.29) is 42.9 Å². The lowest BCUT2D eigenvalue weighted by molar-refractivity contribution is -0.226. The second-order valence-corrected chi connectivity index (χ2v) is 11.8. The second-order valence-electron chi connectivity index (χ2n) is 11.8. The molecule has 13 heteroatoms. The minimum atomic E-state index is -3.74. The average Bonchev–Trinajstić information content (AvgIpc) is 3.72. The topological polar surface area (TPSA) is 144 Å². The van der Waals surface area contributed by atoms with Crippen LogP contribution in [-0.4, -0.2) is 66.7 Å². The van der Waals surface area contributed by atoms with E-state index in [4.69, 9.17) is 14.2 Å². The van der Waals surface area contributed by atoms with Crippen LogP contribution in [0.15, 0.2) is 85.2 Å². The van der Waals surface area contributed by atoms with Gasteiger partial charge in [-0.2, -0.15) is 18.7 Å². The largest absolute Gasteiger partial charge is 0.491 e. The van der Waals surface area contributed by atoms with Crippen molar-refractivity contribution in [1.82, 2.24) is 19.5 Å². The van der Waals surface area contributed by atoms with E-state index in [1.807, 2.05) is 30.3 Å². The van der Waals surface area contributed by atoms with Crippen LogP contribution in [0.1, 0.15) is 41.9 Å². The van der Waals surface area contributed by atoms with E-state index in [1.165, 1.54) is 25.6 Å². The summed E-state index contributed by atoms with van der Waals surface area (Å²) in [5, 5.41) is 35.5. The van der Waals surface area contributed by atoms with Gasteiger partial charge in [-0.25, -0.2) is 4.98 Å². The summed E-state index contributed by atoms with van der Waals surface area (Å²) in [6.07, 6.45) is -2.61. The van der Waals surface area contributed by atoms with Crippen molar-refractivity contribution in [3.05, 3.63) is 102 Å². The fraction of sp³-hybridized carbons (Fsp3) is 0.324. The molecule has 4 N–H and O–H groups in total. The summed E-state index contributed by atoms with van der Waals surface area (Å²) in [5.74, 6) is -2.70. The van der Waals surface area contributed by atoms with Gasteiger partial charge in [-0.15, -0.1) is 0 Å². The average molecular weight is 646 g/mol. The van der Waals surface area contributed by atoms with Crippen molar-refractivity contribution in [2.45, 2.75) is 55.3 Å². The number of nitrogens with zero attached hydrogens (tertiary/aromatic N) is 4. The van der Waals surface area contributed by atoms with Crippen LogP contribution < -0.4 is 14.8 Å². The number of aryl methyl sites for hydroxylation is 1. The molecule has 47 heavy (non-hydrogen) atoms. The molecule has 1 aliphatic heterocycles. The maximum absolute atomic E-state index is 15.1. The quantitative estimate of drug-likeness (QED) is 0.167. The van der Waals surface area contributed by atoms with Crippen molar-refractivity contribution in [3.8, 4) is 11.6 Å². The fourth-order valence-electron chi connectivity index (χ4n) is 6.33. The van der Waals surface area contributed by atoms with Crippen LogP contribution >= 0.6 is 0 Å². The standard InChI is InChI=1S/C34H33F2N5O6/c1-45-30-27-29(39-32(40-30)38-21-9-3-2-4-10-21)41(19-37-27)31-26(42)17-23(47-31)18-46-22-11-7-8-20(16-22)14-15-33(44)25-13-6-5-12-24(25)28(43)34(33,35)36/h2-13,16,19,23,26,28,31,42-44H,14-15,17-18H2,1H3,(H,38,39,40)/t23-,26+,28+,31+,33-/m0/s1. The number of hydrogen-bond donors (Lipinski definition) is 4. The molecule has 0 radical (unpaired) electrons. The Morgan fingerprint density at radius 3 is 2.62 bits per heavy atom. The summed E-state index contributed by atoms with van der Waals surface area (Å²) in [6, 6.07) is 22.3. The molecule has 5 atom stereocenters. The molecular weight excluding hydrogens is 612 g/mol.